The Balaban J connectivity index is 2.04. The summed E-state index contributed by atoms with van der Waals surface area (Å²) >= 11 is 0. The normalized spacial score (nSPS) is 11.7. The topological polar surface area (TPSA) is 79.8 Å². The van der Waals surface area contributed by atoms with Gasteiger partial charge >= 0.3 is 0 Å². The van der Waals surface area contributed by atoms with Crippen molar-refractivity contribution in [2.75, 3.05) is 12.4 Å². The van der Waals surface area contributed by atoms with Gasteiger partial charge in [-0.25, -0.2) is 0 Å². The second-order valence-electron chi connectivity index (χ2n) is 4.04. The van der Waals surface area contributed by atoms with Gasteiger partial charge in [0.15, 0.2) is 5.69 Å². The number of nitrogens with zero attached hydrogens (tertiary/aromatic N) is 3. The van der Waals surface area contributed by atoms with E-state index < -0.39 is 0 Å². The van der Waals surface area contributed by atoms with E-state index in [0.717, 1.165) is 5.56 Å². The van der Waals surface area contributed by atoms with E-state index in [4.69, 9.17) is 0 Å². The Bertz CT molecular complexity index is 541. The van der Waals surface area contributed by atoms with Crippen LogP contribution in [0.2, 0.25) is 0 Å². The van der Waals surface area contributed by atoms with Crippen molar-refractivity contribution in [3.63, 3.8) is 0 Å². The summed E-state index contributed by atoms with van der Waals surface area (Å²) in [6.45, 7) is 1.89. The summed E-state index contributed by atoms with van der Waals surface area (Å²) in [7, 11) is 1.74. The first-order chi connectivity index (χ1) is 9.20. The Labute approximate surface area is 111 Å². The predicted octanol–water partition coefficient (Wildman–Crippen LogP) is 1.40. The average Bonchev–Trinajstić information content (AvgIpc) is 2.48. The highest BCUT2D eigenvalue weighted by Crippen LogP contribution is 2.10. The molecule has 0 aliphatic heterocycles. The highest BCUT2D eigenvalue weighted by Gasteiger charge is 2.12. The van der Waals surface area contributed by atoms with E-state index in [9.17, 15) is 4.79 Å². The number of hydrogen-bond acceptors (Lipinski definition) is 5. The first kappa shape index (κ1) is 12.9. The SMILES string of the molecule is CNc1ccc(C(=O)NC(C)c2cccnc2)nn1. The number of carbonyl (C=O) groups excluding carboxylic acids is 1. The Hall–Kier alpha value is -2.50. The fourth-order valence-corrected chi connectivity index (χ4v) is 1.57. The van der Waals surface area contributed by atoms with Crippen LogP contribution in [0, 0.1) is 0 Å². The molecule has 0 spiro atoms. The van der Waals surface area contributed by atoms with Crippen molar-refractivity contribution in [3.8, 4) is 0 Å². The molecular weight excluding hydrogens is 242 g/mol. The van der Waals surface area contributed by atoms with Crippen LogP contribution in [-0.4, -0.2) is 28.1 Å². The highest BCUT2D eigenvalue weighted by atomic mass is 16.2. The number of nitrogens with one attached hydrogen (secondary N) is 2. The molecule has 0 radical (unpaired) electrons. The molecule has 0 fully saturated rings. The molecular formula is C13H15N5O. The van der Waals surface area contributed by atoms with Crippen molar-refractivity contribution in [1.82, 2.24) is 20.5 Å². The van der Waals surface area contributed by atoms with E-state index in [1.165, 1.54) is 0 Å². The number of carbonyl (C=O) groups is 1. The van der Waals surface area contributed by atoms with Crippen LogP contribution in [-0.2, 0) is 0 Å². The maximum Gasteiger partial charge on any atom is 0.272 e. The molecule has 6 heteroatoms. The summed E-state index contributed by atoms with van der Waals surface area (Å²) in [6, 6.07) is 6.94. The maximum atomic E-state index is 12.0. The summed E-state index contributed by atoms with van der Waals surface area (Å²) < 4.78 is 0. The molecule has 2 rings (SSSR count). The van der Waals surface area contributed by atoms with Crippen LogP contribution < -0.4 is 10.6 Å². The van der Waals surface area contributed by atoms with Gasteiger partial charge < -0.3 is 10.6 Å². The lowest BCUT2D eigenvalue weighted by Crippen LogP contribution is -2.27. The van der Waals surface area contributed by atoms with Crippen LogP contribution in [0.1, 0.15) is 29.0 Å². The summed E-state index contributed by atoms with van der Waals surface area (Å²) in [5, 5.41) is 13.4. The molecule has 1 unspecified atom stereocenters. The van der Waals surface area contributed by atoms with Gasteiger partial charge in [0, 0.05) is 19.4 Å². The van der Waals surface area contributed by atoms with Crippen LogP contribution >= 0.6 is 0 Å². The summed E-state index contributed by atoms with van der Waals surface area (Å²) in [4.78, 5) is 16.0. The predicted molar refractivity (Wildman–Crippen MR) is 71.7 cm³/mol. The smallest absolute Gasteiger partial charge is 0.272 e. The minimum absolute atomic E-state index is 0.132. The van der Waals surface area contributed by atoms with Crippen LogP contribution in [0.4, 0.5) is 5.82 Å². The molecule has 2 N–H and O–H groups in total. The third-order valence-corrected chi connectivity index (χ3v) is 2.69. The zero-order valence-corrected chi connectivity index (χ0v) is 10.8. The highest BCUT2D eigenvalue weighted by molar-refractivity contribution is 5.92. The molecule has 0 aliphatic rings. The van der Waals surface area contributed by atoms with Gasteiger partial charge in [0.25, 0.3) is 5.91 Å². The lowest BCUT2D eigenvalue weighted by Gasteiger charge is -2.13. The molecule has 19 heavy (non-hydrogen) atoms. The zero-order valence-electron chi connectivity index (χ0n) is 10.8. The molecule has 0 aromatic carbocycles. The lowest BCUT2D eigenvalue weighted by molar-refractivity contribution is 0.0934. The van der Waals surface area contributed by atoms with Crippen LogP contribution in [0.5, 0.6) is 0 Å². The Morgan fingerprint density at radius 2 is 2.11 bits per heavy atom. The minimum Gasteiger partial charge on any atom is -0.372 e. The van der Waals surface area contributed by atoms with Gasteiger partial charge in [-0.15, -0.1) is 10.2 Å². The van der Waals surface area contributed by atoms with Crippen molar-refractivity contribution >= 4 is 11.7 Å². The van der Waals surface area contributed by atoms with Crippen molar-refractivity contribution < 1.29 is 4.79 Å². The maximum absolute atomic E-state index is 12.0. The van der Waals surface area contributed by atoms with Gasteiger partial charge in [0.1, 0.15) is 5.82 Å². The van der Waals surface area contributed by atoms with E-state index in [1.54, 1.807) is 31.6 Å². The largest absolute Gasteiger partial charge is 0.372 e. The van der Waals surface area contributed by atoms with Crippen molar-refractivity contribution in [2.24, 2.45) is 0 Å². The van der Waals surface area contributed by atoms with Gasteiger partial charge in [0.2, 0.25) is 0 Å². The van der Waals surface area contributed by atoms with Crippen LogP contribution in [0.3, 0.4) is 0 Å². The first-order valence-corrected chi connectivity index (χ1v) is 5.93. The van der Waals surface area contributed by atoms with Gasteiger partial charge in [-0.1, -0.05) is 6.07 Å². The molecule has 2 aromatic heterocycles. The molecule has 0 aliphatic carbocycles. The van der Waals surface area contributed by atoms with Crippen molar-refractivity contribution in [1.29, 1.82) is 0 Å². The number of hydrogen-bond donors (Lipinski definition) is 2. The monoisotopic (exact) mass is 257 g/mol. The number of anilines is 1. The third-order valence-electron chi connectivity index (χ3n) is 2.69. The summed E-state index contributed by atoms with van der Waals surface area (Å²) in [5.41, 5.74) is 1.23. The second kappa shape index (κ2) is 5.90. The molecule has 2 aromatic rings. The molecule has 6 nitrogen and oxygen atoms in total. The standard InChI is InChI=1S/C13H15N5O/c1-9(10-4-3-7-15-8-10)16-13(19)11-5-6-12(14-2)18-17-11/h3-9H,1-2H3,(H,14,18)(H,16,19). The Morgan fingerprint density at radius 3 is 2.68 bits per heavy atom. The molecule has 1 amide bonds. The number of pyridine rings is 1. The summed E-state index contributed by atoms with van der Waals surface area (Å²) in [6.07, 6.45) is 3.42. The van der Waals surface area contributed by atoms with E-state index in [1.807, 2.05) is 19.1 Å². The molecule has 98 valence electrons. The van der Waals surface area contributed by atoms with Crippen LogP contribution in [0.25, 0.3) is 0 Å². The fourth-order valence-electron chi connectivity index (χ4n) is 1.57. The van der Waals surface area contributed by atoms with E-state index >= 15 is 0 Å². The quantitative estimate of drug-likeness (QED) is 0.865. The summed E-state index contributed by atoms with van der Waals surface area (Å²) in [5.74, 6) is 0.364. The van der Waals surface area contributed by atoms with Gasteiger partial charge in [-0.2, -0.15) is 0 Å². The molecule has 1 atom stereocenters. The van der Waals surface area contributed by atoms with Crippen LogP contribution in [0.15, 0.2) is 36.7 Å². The third kappa shape index (κ3) is 3.25. The lowest BCUT2D eigenvalue weighted by atomic mass is 10.1. The fraction of sp³-hybridized carbons (Fsp3) is 0.231. The Morgan fingerprint density at radius 1 is 1.26 bits per heavy atom. The van der Waals surface area contributed by atoms with Gasteiger partial charge in [0.05, 0.1) is 6.04 Å². The minimum atomic E-state index is -0.258. The average molecular weight is 257 g/mol. The van der Waals surface area contributed by atoms with Crippen molar-refractivity contribution in [3.05, 3.63) is 47.9 Å². The second-order valence-corrected chi connectivity index (χ2v) is 4.04. The van der Waals surface area contributed by atoms with Gasteiger partial charge in [-0.3, -0.25) is 9.78 Å². The number of aromatic nitrogens is 3. The number of rotatable bonds is 4. The Kier molecular flexibility index (Phi) is 4.02. The van der Waals surface area contributed by atoms with Crippen molar-refractivity contribution in [2.45, 2.75) is 13.0 Å². The van der Waals surface area contributed by atoms with E-state index in [0.29, 0.717) is 5.82 Å². The number of amides is 1. The molecule has 0 bridgehead atoms. The molecule has 2 heterocycles. The molecule has 0 saturated heterocycles. The van der Waals surface area contributed by atoms with E-state index in [-0.39, 0.29) is 17.6 Å². The van der Waals surface area contributed by atoms with E-state index in [2.05, 4.69) is 25.8 Å². The molecule has 0 saturated carbocycles. The van der Waals surface area contributed by atoms with Gasteiger partial charge in [-0.05, 0) is 30.7 Å². The zero-order chi connectivity index (χ0) is 13.7. The first-order valence-electron chi connectivity index (χ1n) is 5.93.